The Balaban J connectivity index is 1.39. The van der Waals surface area contributed by atoms with Crippen molar-refractivity contribution in [1.82, 2.24) is 15.1 Å². The van der Waals surface area contributed by atoms with Gasteiger partial charge in [0.1, 0.15) is 0 Å². The Labute approximate surface area is 162 Å². The van der Waals surface area contributed by atoms with Crippen LogP contribution in [-0.2, 0) is 11.2 Å². The maximum atomic E-state index is 11.9. The minimum absolute atomic E-state index is 0.157. The van der Waals surface area contributed by atoms with Crippen LogP contribution in [0.5, 0.6) is 0 Å². The van der Waals surface area contributed by atoms with Gasteiger partial charge in [0.2, 0.25) is 5.91 Å². The molecule has 0 aromatic heterocycles. The predicted molar refractivity (Wildman–Crippen MR) is 110 cm³/mol. The number of nitrogens with zero attached hydrogens (tertiary/aromatic N) is 2. The van der Waals surface area contributed by atoms with E-state index in [1.54, 1.807) is 0 Å². The third kappa shape index (κ3) is 5.95. The number of piperazine rings is 1. The van der Waals surface area contributed by atoms with Gasteiger partial charge in [-0.2, -0.15) is 0 Å². The SMILES string of the molecule is CCCCc1ccc(NC(=S)N2CCN(CC(=O)NC3CC3)CC2)cc1. The molecule has 2 N–H and O–H groups in total. The van der Waals surface area contributed by atoms with Crippen molar-refractivity contribution in [3.8, 4) is 0 Å². The zero-order chi connectivity index (χ0) is 18.4. The number of rotatable bonds is 7. The van der Waals surface area contributed by atoms with Gasteiger partial charge in [-0.25, -0.2) is 0 Å². The first-order valence-corrected chi connectivity index (χ1v) is 10.2. The highest BCUT2D eigenvalue weighted by molar-refractivity contribution is 7.80. The lowest BCUT2D eigenvalue weighted by atomic mass is 10.1. The normalized spacial score (nSPS) is 17.8. The number of aryl methyl sites for hydroxylation is 1. The van der Waals surface area contributed by atoms with Crippen LogP contribution in [0.15, 0.2) is 24.3 Å². The van der Waals surface area contributed by atoms with Crippen LogP contribution in [-0.4, -0.2) is 59.6 Å². The Morgan fingerprint density at radius 2 is 1.85 bits per heavy atom. The van der Waals surface area contributed by atoms with Gasteiger partial charge in [-0.05, 0) is 55.6 Å². The molecule has 1 aromatic rings. The van der Waals surface area contributed by atoms with E-state index in [2.05, 4.69) is 51.6 Å². The number of hydrogen-bond acceptors (Lipinski definition) is 3. The second kappa shape index (κ2) is 9.33. The van der Waals surface area contributed by atoms with Crippen LogP contribution >= 0.6 is 12.2 Å². The average Bonchev–Trinajstić information content (AvgIpc) is 3.45. The molecule has 1 amide bonds. The third-order valence-electron chi connectivity index (χ3n) is 4.99. The van der Waals surface area contributed by atoms with E-state index in [0.29, 0.717) is 12.6 Å². The van der Waals surface area contributed by atoms with E-state index in [1.165, 1.54) is 18.4 Å². The molecule has 5 nitrogen and oxygen atoms in total. The largest absolute Gasteiger partial charge is 0.352 e. The van der Waals surface area contributed by atoms with Crippen LogP contribution in [0.1, 0.15) is 38.2 Å². The van der Waals surface area contributed by atoms with Crippen molar-refractivity contribution in [3.05, 3.63) is 29.8 Å². The highest BCUT2D eigenvalue weighted by Crippen LogP contribution is 2.18. The van der Waals surface area contributed by atoms with Gasteiger partial charge in [-0.15, -0.1) is 0 Å². The highest BCUT2D eigenvalue weighted by Gasteiger charge is 2.25. The van der Waals surface area contributed by atoms with E-state index in [4.69, 9.17) is 12.2 Å². The van der Waals surface area contributed by atoms with Crippen molar-refractivity contribution in [2.75, 3.05) is 38.0 Å². The quantitative estimate of drug-likeness (QED) is 0.719. The molecule has 1 aromatic carbocycles. The summed E-state index contributed by atoms with van der Waals surface area (Å²) in [7, 11) is 0. The first-order chi connectivity index (χ1) is 12.6. The van der Waals surface area contributed by atoms with Crippen LogP contribution < -0.4 is 10.6 Å². The summed E-state index contributed by atoms with van der Waals surface area (Å²) < 4.78 is 0. The van der Waals surface area contributed by atoms with E-state index in [-0.39, 0.29) is 5.91 Å². The van der Waals surface area contributed by atoms with E-state index in [9.17, 15) is 4.79 Å². The summed E-state index contributed by atoms with van der Waals surface area (Å²) in [6.07, 6.45) is 5.86. The number of nitrogens with one attached hydrogen (secondary N) is 2. The van der Waals surface area contributed by atoms with Gasteiger partial charge < -0.3 is 15.5 Å². The molecule has 2 aliphatic rings. The summed E-state index contributed by atoms with van der Waals surface area (Å²) in [5.74, 6) is 0.157. The number of carbonyl (C=O) groups excluding carboxylic acids is 1. The topological polar surface area (TPSA) is 47.6 Å². The van der Waals surface area contributed by atoms with Gasteiger partial charge in [-0.1, -0.05) is 25.5 Å². The zero-order valence-corrected chi connectivity index (χ0v) is 16.5. The number of benzene rings is 1. The zero-order valence-electron chi connectivity index (χ0n) is 15.7. The highest BCUT2D eigenvalue weighted by atomic mass is 32.1. The Morgan fingerprint density at radius 3 is 2.46 bits per heavy atom. The lowest BCUT2D eigenvalue weighted by Gasteiger charge is -2.35. The summed E-state index contributed by atoms with van der Waals surface area (Å²) >= 11 is 5.57. The first kappa shape index (κ1) is 19.1. The molecular formula is C20H30N4OS. The number of unbranched alkanes of at least 4 members (excludes halogenated alkanes) is 1. The van der Waals surface area contributed by atoms with E-state index in [0.717, 1.165) is 56.2 Å². The molecule has 0 unspecified atom stereocenters. The molecule has 0 radical (unpaired) electrons. The average molecular weight is 375 g/mol. The molecule has 6 heteroatoms. The van der Waals surface area contributed by atoms with Gasteiger partial charge in [0.25, 0.3) is 0 Å². The minimum atomic E-state index is 0.157. The minimum Gasteiger partial charge on any atom is -0.352 e. The fourth-order valence-corrected chi connectivity index (χ4v) is 3.45. The van der Waals surface area contributed by atoms with Crippen LogP contribution in [0.25, 0.3) is 0 Å². The molecule has 2 fully saturated rings. The summed E-state index contributed by atoms with van der Waals surface area (Å²) in [4.78, 5) is 16.3. The molecule has 0 spiro atoms. The third-order valence-corrected chi connectivity index (χ3v) is 5.35. The number of anilines is 1. The van der Waals surface area contributed by atoms with Crippen LogP contribution in [0.4, 0.5) is 5.69 Å². The molecule has 142 valence electrons. The van der Waals surface area contributed by atoms with Crippen LogP contribution in [0.2, 0.25) is 0 Å². The molecule has 1 saturated carbocycles. The fourth-order valence-electron chi connectivity index (χ4n) is 3.15. The van der Waals surface area contributed by atoms with Crippen molar-refractivity contribution in [2.24, 2.45) is 0 Å². The Hall–Kier alpha value is -1.66. The van der Waals surface area contributed by atoms with Gasteiger partial charge in [-0.3, -0.25) is 9.69 Å². The Kier molecular flexibility index (Phi) is 6.86. The van der Waals surface area contributed by atoms with Crippen molar-refractivity contribution < 1.29 is 4.79 Å². The lowest BCUT2D eigenvalue weighted by Crippen LogP contribution is -2.52. The number of carbonyl (C=O) groups is 1. The second-order valence-electron chi connectivity index (χ2n) is 7.34. The molecule has 0 bridgehead atoms. The van der Waals surface area contributed by atoms with Gasteiger partial charge in [0.05, 0.1) is 6.54 Å². The monoisotopic (exact) mass is 374 g/mol. The van der Waals surface area contributed by atoms with E-state index in [1.807, 2.05) is 0 Å². The van der Waals surface area contributed by atoms with Gasteiger partial charge in [0, 0.05) is 37.9 Å². The maximum Gasteiger partial charge on any atom is 0.234 e. The van der Waals surface area contributed by atoms with Gasteiger partial charge in [0.15, 0.2) is 5.11 Å². The van der Waals surface area contributed by atoms with E-state index >= 15 is 0 Å². The Morgan fingerprint density at radius 1 is 1.15 bits per heavy atom. The van der Waals surface area contributed by atoms with E-state index < -0.39 is 0 Å². The molecule has 26 heavy (non-hydrogen) atoms. The van der Waals surface area contributed by atoms with Gasteiger partial charge >= 0.3 is 0 Å². The molecular weight excluding hydrogens is 344 g/mol. The van der Waals surface area contributed by atoms with Crippen molar-refractivity contribution in [3.63, 3.8) is 0 Å². The molecule has 1 heterocycles. The summed E-state index contributed by atoms with van der Waals surface area (Å²) in [6, 6.07) is 9.01. The number of thiocarbonyl (C=S) groups is 1. The molecule has 1 aliphatic heterocycles. The second-order valence-corrected chi connectivity index (χ2v) is 7.72. The first-order valence-electron chi connectivity index (χ1n) is 9.80. The van der Waals surface area contributed by atoms with Crippen LogP contribution in [0, 0.1) is 0 Å². The Bertz CT molecular complexity index is 607. The predicted octanol–water partition coefficient (Wildman–Crippen LogP) is 2.62. The van der Waals surface area contributed by atoms with Crippen LogP contribution in [0.3, 0.4) is 0 Å². The summed E-state index contributed by atoms with van der Waals surface area (Å²) in [6.45, 7) is 6.18. The number of hydrogen-bond donors (Lipinski definition) is 2. The fraction of sp³-hybridized carbons (Fsp3) is 0.600. The molecule has 1 saturated heterocycles. The van der Waals surface area contributed by atoms with Crippen molar-refractivity contribution in [2.45, 2.75) is 45.1 Å². The van der Waals surface area contributed by atoms with Crippen molar-refractivity contribution >= 4 is 28.9 Å². The molecule has 3 rings (SSSR count). The summed E-state index contributed by atoms with van der Waals surface area (Å²) in [5, 5.41) is 7.17. The summed E-state index contributed by atoms with van der Waals surface area (Å²) in [5.41, 5.74) is 2.42. The molecule has 0 atom stereocenters. The standard InChI is InChI=1S/C20H30N4OS/c1-2-3-4-16-5-7-18(8-6-16)22-20(26)24-13-11-23(12-14-24)15-19(25)21-17-9-10-17/h5-8,17H,2-4,9-15H2,1H3,(H,21,25)(H,22,26). The molecule has 1 aliphatic carbocycles. The maximum absolute atomic E-state index is 11.9. The smallest absolute Gasteiger partial charge is 0.234 e. The lowest BCUT2D eigenvalue weighted by molar-refractivity contribution is -0.122. The number of amides is 1. The van der Waals surface area contributed by atoms with Crippen molar-refractivity contribution in [1.29, 1.82) is 0 Å².